The van der Waals surface area contributed by atoms with Crippen molar-refractivity contribution in [3.63, 3.8) is 0 Å². The number of nitrogens with one attached hydrogen (secondary N) is 1. The fourth-order valence-corrected chi connectivity index (χ4v) is 4.67. The lowest BCUT2D eigenvalue weighted by Gasteiger charge is -2.30. The van der Waals surface area contributed by atoms with Gasteiger partial charge in [0.15, 0.2) is 0 Å². The quantitative estimate of drug-likeness (QED) is 0.839. The highest BCUT2D eigenvalue weighted by Gasteiger charge is 2.31. The molecule has 1 aromatic rings. The predicted octanol–water partition coefficient (Wildman–Crippen LogP) is 0.508. The second-order valence-corrected chi connectivity index (χ2v) is 7.23. The number of anilines is 1. The van der Waals surface area contributed by atoms with E-state index in [2.05, 4.69) is 17.1 Å². The first kappa shape index (κ1) is 12.7. The van der Waals surface area contributed by atoms with Crippen molar-refractivity contribution in [1.29, 1.82) is 0 Å². The second kappa shape index (κ2) is 4.87. The van der Waals surface area contributed by atoms with Crippen LogP contribution in [0.1, 0.15) is 13.3 Å². The number of thioether (sulfide) groups is 1. The molecule has 0 spiro atoms. The molecule has 1 unspecified atom stereocenters. The highest BCUT2D eigenvalue weighted by atomic mass is 32.2. The van der Waals surface area contributed by atoms with Gasteiger partial charge in [0.1, 0.15) is 10.7 Å². The van der Waals surface area contributed by atoms with Crippen LogP contribution in [-0.2, 0) is 10.0 Å². The lowest BCUT2D eigenvalue weighted by atomic mass is 10.3. The largest absolute Gasteiger partial charge is 0.383 e. The molecule has 1 aromatic heterocycles. The number of rotatable bonds is 3. The van der Waals surface area contributed by atoms with Crippen LogP contribution < -0.4 is 5.73 Å². The van der Waals surface area contributed by atoms with Crippen molar-refractivity contribution in [3.8, 4) is 0 Å². The molecule has 1 atom stereocenters. The Morgan fingerprint density at radius 1 is 1.71 bits per heavy atom. The van der Waals surface area contributed by atoms with Crippen LogP contribution in [0, 0.1) is 0 Å². The van der Waals surface area contributed by atoms with E-state index in [0.717, 1.165) is 12.2 Å². The van der Waals surface area contributed by atoms with E-state index in [1.54, 1.807) is 0 Å². The SMILES string of the molecule is CCC1CN(S(=O)(=O)c2cn[nH]c2N)CCS1. The van der Waals surface area contributed by atoms with E-state index in [1.165, 1.54) is 10.5 Å². The van der Waals surface area contributed by atoms with Gasteiger partial charge in [0.2, 0.25) is 10.0 Å². The minimum atomic E-state index is -3.49. The summed E-state index contributed by atoms with van der Waals surface area (Å²) in [5.74, 6) is 0.937. The zero-order valence-electron chi connectivity index (χ0n) is 9.59. The standard InChI is InChI=1S/C9H16N4O2S2/c1-2-7-6-13(3-4-16-7)17(14,15)8-5-11-12-9(8)10/h5,7H,2-4,6H2,1H3,(H3,10,11,12). The Hall–Kier alpha value is -0.730. The molecule has 1 aliphatic heterocycles. The van der Waals surface area contributed by atoms with Crippen LogP contribution in [0.2, 0.25) is 0 Å². The zero-order chi connectivity index (χ0) is 12.5. The number of H-pyrrole nitrogens is 1. The van der Waals surface area contributed by atoms with E-state index in [-0.39, 0.29) is 10.7 Å². The molecule has 0 amide bonds. The highest BCUT2D eigenvalue weighted by molar-refractivity contribution is 8.00. The van der Waals surface area contributed by atoms with E-state index in [1.807, 2.05) is 11.8 Å². The van der Waals surface area contributed by atoms with Gasteiger partial charge < -0.3 is 5.73 Å². The predicted molar refractivity (Wildman–Crippen MR) is 68.3 cm³/mol. The first-order valence-electron chi connectivity index (χ1n) is 5.46. The minimum Gasteiger partial charge on any atom is -0.383 e. The van der Waals surface area contributed by atoms with Gasteiger partial charge in [-0.3, -0.25) is 5.10 Å². The maximum Gasteiger partial charge on any atom is 0.248 e. The highest BCUT2D eigenvalue weighted by Crippen LogP contribution is 2.27. The molecule has 1 saturated heterocycles. The number of nitrogen functional groups attached to an aromatic ring is 1. The molecule has 17 heavy (non-hydrogen) atoms. The topological polar surface area (TPSA) is 92.1 Å². The molecule has 0 aliphatic carbocycles. The molecule has 2 rings (SSSR count). The first-order valence-corrected chi connectivity index (χ1v) is 7.95. The summed E-state index contributed by atoms with van der Waals surface area (Å²) in [6, 6.07) is 0. The molecule has 3 N–H and O–H groups in total. The van der Waals surface area contributed by atoms with E-state index in [0.29, 0.717) is 18.3 Å². The van der Waals surface area contributed by atoms with E-state index in [9.17, 15) is 8.42 Å². The van der Waals surface area contributed by atoms with Gasteiger partial charge >= 0.3 is 0 Å². The number of aromatic nitrogens is 2. The summed E-state index contributed by atoms with van der Waals surface area (Å²) in [6.07, 6.45) is 2.24. The van der Waals surface area contributed by atoms with Crippen molar-refractivity contribution in [2.75, 3.05) is 24.6 Å². The Kier molecular flexibility index (Phi) is 3.64. The van der Waals surface area contributed by atoms with Crippen LogP contribution in [0.15, 0.2) is 11.1 Å². The van der Waals surface area contributed by atoms with Crippen molar-refractivity contribution in [1.82, 2.24) is 14.5 Å². The summed E-state index contributed by atoms with van der Waals surface area (Å²) in [5.41, 5.74) is 5.57. The van der Waals surface area contributed by atoms with Crippen molar-refractivity contribution in [3.05, 3.63) is 6.20 Å². The van der Waals surface area contributed by atoms with Gasteiger partial charge in [-0.1, -0.05) is 6.92 Å². The van der Waals surface area contributed by atoms with Crippen LogP contribution in [0.5, 0.6) is 0 Å². The average molecular weight is 276 g/mol. The van der Waals surface area contributed by atoms with Crippen molar-refractivity contribution in [2.45, 2.75) is 23.5 Å². The molecule has 0 aromatic carbocycles. The molecule has 0 radical (unpaired) electrons. The minimum absolute atomic E-state index is 0.0826. The summed E-state index contributed by atoms with van der Waals surface area (Å²) in [5, 5.41) is 6.48. The maximum absolute atomic E-state index is 12.3. The Bertz CT molecular complexity index is 485. The lowest BCUT2D eigenvalue weighted by Crippen LogP contribution is -2.41. The van der Waals surface area contributed by atoms with Gasteiger partial charge in [-0.25, -0.2) is 8.42 Å². The third-order valence-electron chi connectivity index (χ3n) is 2.81. The molecule has 0 bridgehead atoms. The summed E-state index contributed by atoms with van der Waals surface area (Å²) >= 11 is 1.82. The Morgan fingerprint density at radius 3 is 3.06 bits per heavy atom. The fraction of sp³-hybridized carbons (Fsp3) is 0.667. The Labute approximate surface area is 105 Å². The number of aromatic amines is 1. The van der Waals surface area contributed by atoms with Crippen molar-refractivity contribution < 1.29 is 8.42 Å². The van der Waals surface area contributed by atoms with Crippen LogP contribution >= 0.6 is 11.8 Å². The van der Waals surface area contributed by atoms with Gasteiger partial charge in [0.05, 0.1) is 6.20 Å². The van der Waals surface area contributed by atoms with Crippen LogP contribution in [-0.4, -0.2) is 47.0 Å². The normalized spacial score (nSPS) is 22.8. The first-order chi connectivity index (χ1) is 8.05. The number of sulfonamides is 1. The molecule has 0 saturated carbocycles. The molecular weight excluding hydrogens is 260 g/mol. The molecule has 8 heteroatoms. The smallest absolute Gasteiger partial charge is 0.248 e. The fourth-order valence-electron chi connectivity index (χ4n) is 1.79. The van der Waals surface area contributed by atoms with Gasteiger partial charge in [-0.2, -0.15) is 21.2 Å². The summed E-state index contributed by atoms with van der Waals surface area (Å²) in [7, 11) is -3.49. The molecule has 2 heterocycles. The van der Waals surface area contributed by atoms with Crippen molar-refractivity contribution in [2.24, 2.45) is 0 Å². The van der Waals surface area contributed by atoms with Gasteiger partial charge in [0, 0.05) is 24.1 Å². The van der Waals surface area contributed by atoms with Crippen LogP contribution in [0.25, 0.3) is 0 Å². The van der Waals surface area contributed by atoms with Gasteiger partial charge in [-0.05, 0) is 6.42 Å². The summed E-state index contributed by atoms with van der Waals surface area (Å²) in [6.45, 7) is 3.15. The number of nitrogens with two attached hydrogens (primary N) is 1. The maximum atomic E-state index is 12.3. The summed E-state index contributed by atoms with van der Waals surface area (Å²) in [4.78, 5) is 0.0826. The summed E-state index contributed by atoms with van der Waals surface area (Å²) < 4.78 is 26.1. The van der Waals surface area contributed by atoms with Crippen LogP contribution in [0.3, 0.4) is 0 Å². The number of nitrogens with zero attached hydrogens (tertiary/aromatic N) is 2. The second-order valence-electron chi connectivity index (χ2n) is 3.91. The Balaban J connectivity index is 2.24. The van der Waals surface area contributed by atoms with Gasteiger partial charge in [0.25, 0.3) is 0 Å². The molecule has 1 aliphatic rings. The van der Waals surface area contributed by atoms with E-state index in [4.69, 9.17) is 5.73 Å². The molecule has 6 nitrogen and oxygen atoms in total. The lowest BCUT2D eigenvalue weighted by molar-refractivity contribution is 0.416. The van der Waals surface area contributed by atoms with E-state index < -0.39 is 10.0 Å². The zero-order valence-corrected chi connectivity index (χ0v) is 11.2. The molecular formula is C9H16N4O2S2. The third-order valence-corrected chi connectivity index (χ3v) is 6.07. The molecule has 96 valence electrons. The van der Waals surface area contributed by atoms with E-state index >= 15 is 0 Å². The van der Waals surface area contributed by atoms with Crippen molar-refractivity contribution >= 4 is 27.6 Å². The monoisotopic (exact) mass is 276 g/mol. The third kappa shape index (κ3) is 2.43. The molecule has 1 fully saturated rings. The van der Waals surface area contributed by atoms with Crippen LogP contribution in [0.4, 0.5) is 5.82 Å². The number of hydrogen-bond donors (Lipinski definition) is 2. The Morgan fingerprint density at radius 2 is 2.47 bits per heavy atom. The average Bonchev–Trinajstić information content (AvgIpc) is 2.76. The number of hydrogen-bond acceptors (Lipinski definition) is 5. The van der Waals surface area contributed by atoms with Gasteiger partial charge in [-0.15, -0.1) is 0 Å².